The highest BCUT2D eigenvalue weighted by atomic mass is 16.2. The lowest BCUT2D eigenvalue weighted by atomic mass is 10.2. The maximum absolute atomic E-state index is 12.1. The topological polar surface area (TPSA) is 81.0 Å². The summed E-state index contributed by atoms with van der Waals surface area (Å²) in [6.07, 6.45) is 0. The normalized spacial score (nSPS) is 10.4. The predicted molar refractivity (Wildman–Crippen MR) is 80.0 cm³/mol. The highest BCUT2D eigenvalue weighted by molar-refractivity contribution is 5.73. The summed E-state index contributed by atoms with van der Waals surface area (Å²) in [6, 6.07) is 9.27. The van der Waals surface area contributed by atoms with E-state index in [0.717, 1.165) is 5.56 Å². The molecule has 0 unspecified atom stereocenters. The zero-order chi connectivity index (χ0) is 15.2. The molecule has 7 heteroatoms. The van der Waals surface area contributed by atoms with Gasteiger partial charge in [0.1, 0.15) is 0 Å². The summed E-state index contributed by atoms with van der Waals surface area (Å²) in [5.41, 5.74) is 0.680. The van der Waals surface area contributed by atoms with E-state index in [4.69, 9.17) is 0 Å². The first-order valence-corrected chi connectivity index (χ1v) is 6.84. The standard InChI is InChI=1S/C14H19N5O2/c1-3-15-13(20)16-9-10-19-14(21)18(2)12(17-19)11-7-5-4-6-8-11/h4-8H,3,9-10H2,1-2H3,(H2,15,16,20). The summed E-state index contributed by atoms with van der Waals surface area (Å²) in [6.45, 7) is 3.08. The quantitative estimate of drug-likeness (QED) is 0.844. The third-order valence-electron chi connectivity index (χ3n) is 3.02. The summed E-state index contributed by atoms with van der Waals surface area (Å²) >= 11 is 0. The third-order valence-corrected chi connectivity index (χ3v) is 3.02. The molecule has 0 saturated heterocycles. The molecule has 1 aromatic carbocycles. The van der Waals surface area contributed by atoms with Gasteiger partial charge in [-0.05, 0) is 6.92 Å². The zero-order valence-electron chi connectivity index (χ0n) is 12.2. The minimum absolute atomic E-state index is 0.202. The van der Waals surface area contributed by atoms with Crippen molar-refractivity contribution < 1.29 is 4.79 Å². The second-order valence-corrected chi connectivity index (χ2v) is 4.54. The Morgan fingerprint density at radius 3 is 2.62 bits per heavy atom. The van der Waals surface area contributed by atoms with Crippen molar-refractivity contribution in [3.05, 3.63) is 40.8 Å². The minimum atomic E-state index is -0.246. The van der Waals surface area contributed by atoms with Gasteiger partial charge in [0.2, 0.25) is 0 Å². The van der Waals surface area contributed by atoms with Gasteiger partial charge in [0.25, 0.3) is 0 Å². The predicted octanol–water partition coefficient (Wildman–Crippen LogP) is 0.568. The van der Waals surface area contributed by atoms with E-state index >= 15 is 0 Å². The fourth-order valence-electron chi connectivity index (χ4n) is 1.97. The lowest BCUT2D eigenvalue weighted by molar-refractivity contribution is 0.241. The Balaban J connectivity index is 2.09. The molecule has 0 saturated carbocycles. The number of benzene rings is 1. The van der Waals surface area contributed by atoms with Gasteiger partial charge in [-0.25, -0.2) is 14.3 Å². The summed E-state index contributed by atoms with van der Waals surface area (Å²) in [7, 11) is 1.69. The molecule has 112 valence electrons. The fraction of sp³-hybridized carbons (Fsp3) is 0.357. The molecule has 7 nitrogen and oxygen atoms in total. The van der Waals surface area contributed by atoms with Gasteiger partial charge in [-0.1, -0.05) is 30.3 Å². The van der Waals surface area contributed by atoms with Crippen molar-refractivity contribution in [1.82, 2.24) is 25.0 Å². The van der Waals surface area contributed by atoms with E-state index in [1.165, 1.54) is 9.25 Å². The Morgan fingerprint density at radius 2 is 1.95 bits per heavy atom. The number of amides is 2. The van der Waals surface area contributed by atoms with Crippen LogP contribution in [0.2, 0.25) is 0 Å². The number of carbonyl (C=O) groups is 1. The van der Waals surface area contributed by atoms with E-state index in [1.54, 1.807) is 7.05 Å². The number of hydrogen-bond donors (Lipinski definition) is 2. The maximum atomic E-state index is 12.1. The lowest BCUT2D eigenvalue weighted by Crippen LogP contribution is -2.38. The van der Waals surface area contributed by atoms with Crippen molar-refractivity contribution in [2.75, 3.05) is 13.1 Å². The molecule has 21 heavy (non-hydrogen) atoms. The maximum Gasteiger partial charge on any atom is 0.345 e. The minimum Gasteiger partial charge on any atom is -0.338 e. The number of hydrogen-bond acceptors (Lipinski definition) is 3. The van der Waals surface area contributed by atoms with Gasteiger partial charge in [0, 0.05) is 25.7 Å². The van der Waals surface area contributed by atoms with Crippen LogP contribution in [-0.2, 0) is 13.6 Å². The summed E-state index contributed by atoms with van der Waals surface area (Å²) in [4.78, 5) is 23.4. The van der Waals surface area contributed by atoms with Crippen molar-refractivity contribution in [3.63, 3.8) is 0 Å². The Labute approximate surface area is 122 Å². The van der Waals surface area contributed by atoms with E-state index in [2.05, 4.69) is 15.7 Å². The van der Waals surface area contributed by atoms with E-state index in [9.17, 15) is 9.59 Å². The molecular formula is C14H19N5O2. The van der Waals surface area contributed by atoms with Crippen LogP contribution >= 0.6 is 0 Å². The SMILES string of the molecule is CCNC(=O)NCCn1nc(-c2ccccc2)n(C)c1=O. The first kappa shape index (κ1) is 14.8. The number of rotatable bonds is 5. The molecule has 1 aromatic heterocycles. The molecule has 0 spiro atoms. The van der Waals surface area contributed by atoms with Gasteiger partial charge in [-0.15, -0.1) is 5.10 Å². The van der Waals surface area contributed by atoms with E-state index in [-0.39, 0.29) is 11.7 Å². The van der Waals surface area contributed by atoms with Crippen LogP contribution in [0.3, 0.4) is 0 Å². The molecule has 0 aliphatic rings. The Bertz CT molecular complexity index is 660. The molecule has 0 radical (unpaired) electrons. The van der Waals surface area contributed by atoms with Crippen LogP contribution in [0.5, 0.6) is 0 Å². The van der Waals surface area contributed by atoms with Crippen molar-refractivity contribution >= 4 is 6.03 Å². The number of nitrogens with zero attached hydrogens (tertiary/aromatic N) is 3. The van der Waals surface area contributed by atoms with E-state index in [1.807, 2.05) is 37.3 Å². The van der Waals surface area contributed by atoms with Crippen molar-refractivity contribution in [2.24, 2.45) is 7.05 Å². The number of aromatic nitrogens is 3. The molecule has 0 atom stereocenters. The van der Waals surface area contributed by atoms with Crippen LogP contribution in [0.1, 0.15) is 6.92 Å². The fourth-order valence-corrected chi connectivity index (χ4v) is 1.97. The van der Waals surface area contributed by atoms with Gasteiger partial charge in [-0.3, -0.25) is 4.57 Å². The first-order chi connectivity index (χ1) is 10.1. The smallest absolute Gasteiger partial charge is 0.338 e. The van der Waals surface area contributed by atoms with Gasteiger partial charge in [0.15, 0.2) is 5.82 Å². The van der Waals surface area contributed by atoms with Crippen LogP contribution in [0.4, 0.5) is 4.79 Å². The average molecular weight is 289 g/mol. The average Bonchev–Trinajstić information content (AvgIpc) is 2.77. The Morgan fingerprint density at radius 1 is 1.24 bits per heavy atom. The monoisotopic (exact) mass is 289 g/mol. The van der Waals surface area contributed by atoms with Gasteiger partial charge < -0.3 is 10.6 Å². The van der Waals surface area contributed by atoms with Crippen LogP contribution in [0, 0.1) is 0 Å². The Hall–Kier alpha value is -2.57. The molecule has 0 aliphatic carbocycles. The molecule has 2 amide bonds. The summed E-state index contributed by atoms with van der Waals surface area (Å²) in [5, 5.41) is 9.61. The molecule has 1 heterocycles. The van der Waals surface area contributed by atoms with Crippen LogP contribution in [-0.4, -0.2) is 33.5 Å². The summed E-state index contributed by atoms with van der Waals surface area (Å²) < 4.78 is 2.86. The highest BCUT2D eigenvalue weighted by Gasteiger charge is 2.11. The Kier molecular flexibility index (Phi) is 4.76. The van der Waals surface area contributed by atoms with E-state index < -0.39 is 0 Å². The zero-order valence-corrected chi connectivity index (χ0v) is 12.2. The number of urea groups is 1. The molecular weight excluding hydrogens is 270 g/mol. The molecule has 0 bridgehead atoms. The van der Waals surface area contributed by atoms with Crippen molar-refractivity contribution in [2.45, 2.75) is 13.5 Å². The molecule has 0 aliphatic heterocycles. The highest BCUT2D eigenvalue weighted by Crippen LogP contribution is 2.13. The van der Waals surface area contributed by atoms with Crippen molar-refractivity contribution in [1.29, 1.82) is 0 Å². The van der Waals surface area contributed by atoms with Gasteiger partial charge in [0.05, 0.1) is 6.54 Å². The van der Waals surface area contributed by atoms with Crippen LogP contribution < -0.4 is 16.3 Å². The number of carbonyl (C=O) groups excluding carboxylic acids is 1. The molecule has 2 rings (SSSR count). The van der Waals surface area contributed by atoms with E-state index in [0.29, 0.717) is 25.5 Å². The lowest BCUT2D eigenvalue weighted by Gasteiger charge is -2.04. The second kappa shape index (κ2) is 6.74. The third kappa shape index (κ3) is 3.50. The molecule has 2 aromatic rings. The van der Waals surface area contributed by atoms with Gasteiger partial charge >= 0.3 is 11.7 Å². The molecule has 0 fully saturated rings. The second-order valence-electron chi connectivity index (χ2n) is 4.54. The van der Waals surface area contributed by atoms with Crippen LogP contribution in [0.25, 0.3) is 11.4 Å². The largest absolute Gasteiger partial charge is 0.345 e. The number of nitrogens with one attached hydrogen (secondary N) is 2. The van der Waals surface area contributed by atoms with Crippen molar-refractivity contribution in [3.8, 4) is 11.4 Å². The summed E-state index contributed by atoms with van der Waals surface area (Å²) in [5.74, 6) is 0.610. The van der Waals surface area contributed by atoms with Gasteiger partial charge in [-0.2, -0.15) is 0 Å². The van der Waals surface area contributed by atoms with Crippen LogP contribution in [0.15, 0.2) is 35.1 Å². The molecule has 2 N–H and O–H groups in total. The first-order valence-electron chi connectivity index (χ1n) is 6.84.